The lowest BCUT2D eigenvalue weighted by Gasteiger charge is -2.33. The second-order valence-electron chi connectivity index (χ2n) is 8.20. The predicted molar refractivity (Wildman–Crippen MR) is 123 cm³/mol. The smallest absolute Gasteiger partial charge is 0.243 e. The zero-order chi connectivity index (χ0) is 24.0. The number of carbonyl (C=O) groups is 1. The van der Waals surface area contributed by atoms with Gasteiger partial charge < -0.3 is 14.8 Å². The molecule has 0 saturated heterocycles. The summed E-state index contributed by atoms with van der Waals surface area (Å²) in [6.07, 6.45) is 4.28. The lowest BCUT2D eigenvalue weighted by molar-refractivity contribution is -0.122. The van der Waals surface area contributed by atoms with Gasteiger partial charge in [-0.2, -0.15) is 4.31 Å². The van der Waals surface area contributed by atoms with Crippen LogP contribution in [0.2, 0.25) is 0 Å². The molecule has 0 radical (unpaired) electrons. The average Bonchev–Trinajstić information content (AvgIpc) is 2.82. The number of nitrogens with zero attached hydrogens (tertiary/aromatic N) is 1. The van der Waals surface area contributed by atoms with Crippen molar-refractivity contribution in [3.05, 3.63) is 53.8 Å². The van der Waals surface area contributed by atoms with Gasteiger partial charge in [-0.1, -0.05) is 31.4 Å². The molecular formula is C24H31FN2O5S. The Balaban J connectivity index is 1.85. The Morgan fingerprint density at radius 2 is 1.70 bits per heavy atom. The topological polar surface area (TPSA) is 84.9 Å². The van der Waals surface area contributed by atoms with Gasteiger partial charge in [-0.05, 0) is 49.6 Å². The third-order valence-electron chi connectivity index (χ3n) is 5.99. The van der Waals surface area contributed by atoms with Crippen molar-refractivity contribution in [1.29, 1.82) is 0 Å². The van der Waals surface area contributed by atoms with Crippen molar-refractivity contribution in [2.75, 3.05) is 20.8 Å². The van der Waals surface area contributed by atoms with Gasteiger partial charge in [-0.3, -0.25) is 4.79 Å². The van der Waals surface area contributed by atoms with Crippen LogP contribution >= 0.6 is 0 Å². The molecule has 33 heavy (non-hydrogen) atoms. The highest BCUT2D eigenvalue weighted by atomic mass is 32.2. The van der Waals surface area contributed by atoms with Crippen LogP contribution in [0, 0.1) is 5.82 Å². The minimum absolute atomic E-state index is 0.0464. The summed E-state index contributed by atoms with van der Waals surface area (Å²) in [5.74, 6) is -0.0497. The Morgan fingerprint density at radius 3 is 2.30 bits per heavy atom. The van der Waals surface area contributed by atoms with Gasteiger partial charge in [0.05, 0.1) is 31.7 Å². The van der Waals surface area contributed by atoms with Gasteiger partial charge in [-0.15, -0.1) is 0 Å². The Morgan fingerprint density at radius 1 is 1.06 bits per heavy atom. The van der Waals surface area contributed by atoms with Crippen LogP contribution in [0.3, 0.4) is 0 Å². The molecule has 1 atom stereocenters. The molecule has 2 aromatic carbocycles. The van der Waals surface area contributed by atoms with E-state index in [4.69, 9.17) is 9.47 Å². The summed E-state index contributed by atoms with van der Waals surface area (Å²) in [6.45, 7) is 1.48. The van der Waals surface area contributed by atoms with Crippen LogP contribution in [-0.2, 0) is 14.8 Å². The number of halogens is 1. The van der Waals surface area contributed by atoms with Gasteiger partial charge in [0.1, 0.15) is 5.82 Å². The number of ether oxygens (including phenoxy) is 2. The minimum Gasteiger partial charge on any atom is -0.493 e. The number of carbonyl (C=O) groups excluding carboxylic acids is 1. The molecule has 2 aromatic rings. The molecule has 0 aliphatic heterocycles. The van der Waals surface area contributed by atoms with Crippen molar-refractivity contribution in [2.45, 2.75) is 56.0 Å². The van der Waals surface area contributed by atoms with E-state index in [1.165, 1.54) is 42.8 Å². The van der Waals surface area contributed by atoms with Gasteiger partial charge in [0.25, 0.3) is 0 Å². The third-order valence-corrected chi connectivity index (χ3v) is 7.88. The molecule has 1 saturated carbocycles. The summed E-state index contributed by atoms with van der Waals surface area (Å²) in [5.41, 5.74) is 0.733. The fraction of sp³-hybridized carbons (Fsp3) is 0.458. The van der Waals surface area contributed by atoms with Gasteiger partial charge >= 0.3 is 0 Å². The number of hydrogen-bond acceptors (Lipinski definition) is 5. The summed E-state index contributed by atoms with van der Waals surface area (Å²) in [5, 5.41) is 2.84. The standard InChI is InChI=1S/C24H31FN2O5S/c1-17(18-9-11-19(25)12-10-18)26-24(28)16-27(20-7-5-4-6-8-20)33(29,30)21-13-14-22(31-2)23(15-21)32-3/h9-15,17,20H,4-8,16H2,1-3H3,(H,26,28)/t17-/m1/s1. The first kappa shape index (κ1) is 25.0. The van der Waals surface area contributed by atoms with E-state index in [0.29, 0.717) is 24.3 Å². The lowest BCUT2D eigenvalue weighted by Crippen LogP contribution is -2.47. The van der Waals surface area contributed by atoms with Crippen LogP contribution < -0.4 is 14.8 Å². The van der Waals surface area contributed by atoms with Crippen LogP contribution in [0.1, 0.15) is 50.6 Å². The number of hydrogen-bond donors (Lipinski definition) is 1. The molecular weight excluding hydrogens is 447 g/mol. The van der Waals surface area contributed by atoms with Crippen LogP contribution in [0.15, 0.2) is 47.4 Å². The molecule has 7 nitrogen and oxygen atoms in total. The molecule has 0 heterocycles. The van der Waals surface area contributed by atoms with Crippen LogP contribution in [0.4, 0.5) is 4.39 Å². The number of amides is 1. The van der Waals surface area contributed by atoms with Crippen molar-refractivity contribution < 1.29 is 27.1 Å². The molecule has 0 spiro atoms. The van der Waals surface area contributed by atoms with Crippen LogP contribution in [-0.4, -0.2) is 45.4 Å². The van der Waals surface area contributed by atoms with Crippen LogP contribution in [0.25, 0.3) is 0 Å². The van der Waals surface area contributed by atoms with E-state index in [1.54, 1.807) is 25.1 Å². The minimum atomic E-state index is -3.97. The van der Waals surface area contributed by atoms with E-state index in [0.717, 1.165) is 24.8 Å². The second kappa shape index (κ2) is 11.0. The van der Waals surface area contributed by atoms with E-state index in [9.17, 15) is 17.6 Å². The van der Waals surface area contributed by atoms with Crippen molar-refractivity contribution in [2.24, 2.45) is 0 Å². The molecule has 0 aromatic heterocycles. The van der Waals surface area contributed by atoms with E-state index >= 15 is 0 Å². The van der Waals surface area contributed by atoms with Gasteiger partial charge in [-0.25, -0.2) is 12.8 Å². The molecule has 1 fully saturated rings. The highest BCUT2D eigenvalue weighted by Crippen LogP contribution is 2.33. The number of sulfonamides is 1. The Hall–Kier alpha value is -2.65. The normalized spacial score (nSPS) is 15.8. The summed E-state index contributed by atoms with van der Waals surface area (Å²) in [4.78, 5) is 13.0. The molecule has 180 valence electrons. The average molecular weight is 479 g/mol. The first-order valence-corrected chi connectivity index (χ1v) is 12.5. The Kier molecular flexibility index (Phi) is 8.31. The fourth-order valence-electron chi connectivity index (χ4n) is 4.16. The van der Waals surface area contributed by atoms with Crippen LogP contribution in [0.5, 0.6) is 11.5 Å². The fourth-order valence-corrected chi connectivity index (χ4v) is 5.81. The first-order valence-electron chi connectivity index (χ1n) is 11.0. The zero-order valence-electron chi connectivity index (χ0n) is 19.2. The summed E-state index contributed by atoms with van der Waals surface area (Å²) in [6, 6.07) is 9.62. The molecule has 1 aliphatic rings. The highest BCUT2D eigenvalue weighted by molar-refractivity contribution is 7.89. The SMILES string of the molecule is COc1ccc(S(=O)(=O)N(CC(=O)N[C@H](C)c2ccc(F)cc2)C2CCCCC2)cc1OC. The zero-order valence-corrected chi connectivity index (χ0v) is 20.0. The Labute approximate surface area is 194 Å². The molecule has 1 aliphatic carbocycles. The largest absolute Gasteiger partial charge is 0.493 e. The maximum Gasteiger partial charge on any atom is 0.243 e. The summed E-state index contributed by atoms with van der Waals surface area (Å²) >= 11 is 0. The van der Waals surface area contributed by atoms with E-state index in [-0.39, 0.29) is 23.3 Å². The van der Waals surface area contributed by atoms with Crippen molar-refractivity contribution in [1.82, 2.24) is 9.62 Å². The summed E-state index contributed by atoms with van der Waals surface area (Å²) in [7, 11) is -1.05. The number of nitrogens with one attached hydrogen (secondary N) is 1. The first-order chi connectivity index (χ1) is 15.8. The maximum atomic E-state index is 13.6. The van der Waals surface area contributed by atoms with Crippen molar-refractivity contribution in [3.8, 4) is 11.5 Å². The molecule has 0 unspecified atom stereocenters. The molecule has 3 rings (SSSR count). The molecule has 1 N–H and O–H groups in total. The second-order valence-corrected chi connectivity index (χ2v) is 10.1. The Bertz CT molecular complexity index is 1050. The van der Waals surface area contributed by atoms with Gasteiger partial charge in [0, 0.05) is 12.1 Å². The molecule has 9 heteroatoms. The molecule has 0 bridgehead atoms. The van der Waals surface area contributed by atoms with Gasteiger partial charge in [0.2, 0.25) is 15.9 Å². The monoisotopic (exact) mass is 478 g/mol. The number of benzene rings is 2. The quantitative estimate of drug-likeness (QED) is 0.588. The van der Waals surface area contributed by atoms with E-state index in [1.807, 2.05) is 0 Å². The number of methoxy groups -OCH3 is 2. The molecule has 1 amide bonds. The predicted octanol–water partition coefficient (Wildman–Crippen LogP) is 4.04. The summed E-state index contributed by atoms with van der Waals surface area (Å²) < 4.78 is 52.3. The number of rotatable bonds is 9. The van der Waals surface area contributed by atoms with Crippen molar-refractivity contribution >= 4 is 15.9 Å². The van der Waals surface area contributed by atoms with Crippen molar-refractivity contribution in [3.63, 3.8) is 0 Å². The van der Waals surface area contributed by atoms with E-state index in [2.05, 4.69) is 5.32 Å². The van der Waals surface area contributed by atoms with E-state index < -0.39 is 22.0 Å². The lowest BCUT2D eigenvalue weighted by atomic mass is 9.95. The third kappa shape index (κ3) is 6.03. The highest BCUT2D eigenvalue weighted by Gasteiger charge is 2.34. The van der Waals surface area contributed by atoms with Gasteiger partial charge in [0.15, 0.2) is 11.5 Å². The maximum absolute atomic E-state index is 13.6.